The first kappa shape index (κ1) is 14.5. The fraction of sp³-hybridized carbons (Fsp3) is 0.0769. The van der Waals surface area contributed by atoms with Crippen molar-refractivity contribution in [1.29, 1.82) is 0 Å². The first-order valence-electron chi connectivity index (χ1n) is 5.76. The number of hydrogen-bond donors (Lipinski definition) is 1. The molecule has 1 heterocycles. The number of nitrogens with one attached hydrogen (secondary N) is 1. The van der Waals surface area contributed by atoms with Gasteiger partial charge in [-0.25, -0.2) is 9.37 Å². The largest absolute Gasteiger partial charge is 0.306 e. The molecule has 108 valence electrons. The van der Waals surface area contributed by atoms with Crippen molar-refractivity contribution in [3.05, 3.63) is 63.3 Å². The van der Waals surface area contributed by atoms with Crippen LogP contribution in [0.2, 0.25) is 0 Å². The molecule has 1 aromatic heterocycles. The van der Waals surface area contributed by atoms with Crippen LogP contribution in [-0.2, 0) is 0 Å². The zero-order valence-corrected chi connectivity index (χ0v) is 10.8. The highest BCUT2D eigenvalue weighted by molar-refractivity contribution is 6.04. The molecule has 6 nitrogen and oxygen atoms in total. The van der Waals surface area contributed by atoms with Crippen LogP contribution in [0, 0.1) is 28.7 Å². The lowest BCUT2D eigenvalue weighted by molar-refractivity contribution is -0.387. The highest BCUT2D eigenvalue weighted by atomic mass is 19.1. The Balaban J connectivity index is 2.37. The number of pyridine rings is 1. The summed E-state index contributed by atoms with van der Waals surface area (Å²) in [6.07, 6.45) is 1.45. The number of nitro groups is 1. The van der Waals surface area contributed by atoms with E-state index in [1.54, 1.807) is 13.0 Å². The van der Waals surface area contributed by atoms with Crippen LogP contribution in [0.25, 0.3) is 0 Å². The van der Waals surface area contributed by atoms with E-state index < -0.39 is 33.7 Å². The van der Waals surface area contributed by atoms with Crippen LogP contribution in [0.3, 0.4) is 0 Å². The molecule has 0 unspecified atom stereocenters. The lowest BCUT2D eigenvalue weighted by Gasteiger charge is -2.07. The topological polar surface area (TPSA) is 85.1 Å². The average Bonchev–Trinajstić information content (AvgIpc) is 2.41. The standard InChI is InChI=1S/C13H9F2N3O3/c1-7-2-5-10(16-6-7)17-13(19)11-8(14)3-4-9(12(11)15)18(20)21/h2-6H,1H3,(H,16,17,19). The zero-order valence-electron chi connectivity index (χ0n) is 10.8. The summed E-state index contributed by atoms with van der Waals surface area (Å²) in [6.45, 7) is 1.78. The third-order valence-electron chi connectivity index (χ3n) is 2.65. The second-order valence-corrected chi connectivity index (χ2v) is 4.19. The van der Waals surface area contributed by atoms with Crippen LogP contribution < -0.4 is 5.32 Å². The van der Waals surface area contributed by atoms with E-state index in [0.717, 1.165) is 5.56 Å². The van der Waals surface area contributed by atoms with Gasteiger partial charge >= 0.3 is 5.69 Å². The van der Waals surface area contributed by atoms with E-state index >= 15 is 0 Å². The number of amides is 1. The minimum Gasteiger partial charge on any atom is -0.306 e. The number of aromatic nitrogens is 1. The maximum Gasteiger partial charge on any atom is 0.305 e. The Labute approximate surface area is 117 Å². The molecule has 0 aliphatic rings. The maximum absolute atomic E-state index is 13.8. The van der Waals surface area contributed by atoms with Crippen molar-refractivity contribution in [3.8, 4) is 0 Å². The normalized spacial score (nSPS) is 10.2. The molecular formula is C13H9F2N3O3. The third kappa shape index (κ3) is 2.99. The van der Waals surface area contributed by atoms with Gasteiger partial charge in [0.25, 0.3) is 5.91 Å². The van der Waals surface area contributed by atoms with Crippen molar-refractivity contribution < 1.29 is 18.5 Å². The summed E-state index contributed by atoms with van der Waals surface area (Å²) in [5, 5.41) is 12.8. The van der Waals surface area contributed by atoms with Crippen molar-refractivity contribution in [2.24, 2.45) is 0 Å². The molecule has 0 aliphatic heterocycles. The molecule has 0 bridgehead atoms. The number of benzene rings is 1. The number of rotatable bonds is 3. The molecular weight excluding hydrogens is 284 g/mol. The molecule has 1 amide bonds. The molecule has 21 heavy (non-hydrogen) atoms. The summed E-state index contributed by atoms with van der Waals surface area (Å²) < 4.78 is 27.4. The molecule has 1 aromatic carbocycles. The number of hydrogen-bond acceptors (Lipinski definition) is 4. The van der Waals surface area contributed by atoms with E-state index in [1.165, 1.54) is 12.3 Å². The molecule has 0 fully saturated rings. The second-order valence-electron chi connectivity index (χ2n) is 4.19. The maximum atomic E-state index is 13.8. The van der Waals surface area contributed by atoms with E-state index in [4.69, 9.17) is 0 Å². The number of aryl methyl sites for hydroxylation is 1. The van der Waals surface area contributed by atoms with Gasteiger partial charge in [-0.2, -0.15) is 4.39 Å². The molecule has 0 saturated heterocycles. The number of halogens is 2. The number of carbonyl (C=O) groups excluding carboxylic acids is 1. The van der Waals surface area contributed by atoms with Gasteiger partial charge in [-0.15, -0.1) is 0 Å². The van der Waals surface area contributed by atoms with Gasteiger partial charge in [0.2, 0.25) is 5.82 Å². The molecule has 8 heteroatoms. The van der Waals surface area contributed by atoms with Gasteiger partial charge in [0.1, 0.15) is 17.2 Å². The Bertz CT molecular complexity index is 717. The third-order valence-corrected chi connectivity index (χ3v) is 2.65. The van der Waals surface area contributed by atoms with Crippen LogP contribution in [0.15, 0.2) is 30.5 Å². The van der Waals surface area contributed by atoms with Gasteiger partial charge in [-0.1, -0.05) is 6.07 Å². The number of nitrogens with zero attached hydrogens (tertiary/aromatic N) is 2. The van der Waals surface area contributed by atoms with Crippen molar-refractivity contribution >= 4 is 17.4 Å². The van der Waals surface area contributed by atoms with Crippen molar-refractivity contribution in [2.75, 3.05) is 5.32 Å². The summed E-state index contributed by atoms with van der Waals surface area (Å²) in [5.41, 5.74) is -1.16. The monoisotopic (exact) mass is 293 g/mol. The van der Waals surface area contributed by atoms with Crippen LogP contribution in [0.1, 0.15) is 15.9 Å². The number of carbonyl (C=O) groups is 1. The summed E-state index contributed by atoms with van der Waals surface area (Å²) >= 11 is 0. The van der Waals surface area contributed by atoms with Gasteiger partial charge < -0.3 is 5.32 Å². The number of nitro benzene ring substituents is 1. The minimum atomic E-state index is -1.52. The average molecular weight is 293 g/mol. The summed E-state index contributed by atoms with van der Waals surface area (Å²) in [4.78, 5) is 25.3. The number of anilines is 1. The zero-order chi connectivity index (χ0) is 15.6. The lowest BCUT2D eigenvalue weighted by atomic mass is 10.1. The molecule has 0 spiro atoms. The predicted molar refractivity (Wildman–Crippen MR) is 69.9 cm³/mol. The van der Waals surface area contributed by atoms with Crippen molar-refractivity contribution in [1.82, 2.24) is 4.98 Å². The molecule has 2 rings (SSSR count). The predicted octanol–water partition coefficient (Wildman–Crippen LogP) is 2.83. The lowest BCUT2D eigenvalue weighted by Crippen LogP contribution is -2.17. The molecule has 2 aromatic rings. The van der Waals surface area contributed by atoms with E-state index in [-0.39, 0.29) is 5.82 Å². The van der Waals surface area contributed by atoms with Gasteiger partial charge in [-0.3, -0.25) is 14.9 Å². The smallest absolute Gasteiger partial charge is 0.305 e. The molecule has 0 atom stereocenters. The van der Waals surface area contributed by atoms with Gasteiger partial charge in [0.15, 0.2) is 0 Å². The van der Waals surface area contributed by atoms with E-state index in [2.05, 4.69) is 10.3 Å². The van der Waals surface area contributed by atoms with Crippen molar-refractivity contribution in [2.45, 2.75) is 6.92 Å². The first-order valence-corrected chi connectivity index (χ1v) is 5.76. The van der Waals surface area contributed by atoms with E-state index in [9.17, 15) is 23.7 Å². The van der Waals surface area contributed by atoms with E-state index in [1.807, 2.05) is 0 Å². The van der Waals surface area contributed by atoms with Crippen molar-refractivity contribution in [3.63, 3.8) is 0 Å². The quantitative estimate of drug-likeness (QED) is 0.696. The summed E-state index contributed by atoms with van der Waals surface area (Å²) in [7, 11) is 0. The molecule has 0 saturated carbocycles. The molecule has 1 N–H and O–H groups in total. The van der Waals surface area contributed by atoms with Crippen LogP contribution in [-0.4, -0.2) is 15.8 Å². The summed E-state index contributed by atoms with van der Waals surface area (Å²) in [5.74, 6) is -3.78. The fourth-order valence-electron chi connectivity index (χ4n) is 1.61. The van der Waals surface area contributed by atoms with Crippen LogP contribution in [0.4, 0.5) is 20.3 Å². The molecule has 0 aliphatic carbocycles. The second kappa shape index (κ2) is 5.61. The Hall–Kier alpha value is -2.90. The highest BCUT2D eigenvalue weighted by Crippen LogP contribution is 2.23. The fourth-order valence-corrected chi connectivity index (χ4v) is 1.61. The Morgan fingerprint density at radius 2 is 2.00 bits per heavy atom. The highest BCUT2D eigenvalue weighted by Gasteiger charge is 2.26. The SMILES string of the molecule is Cc1ccc(NC(=O)c2c(F)ccc([N+](=O)[O-])c2F)nc1. The Kier molecular flexibility index (Phi) is 3.88. The van der Waals surface area contributed by atoms with Gasteiger partial charge in [0, 0.05) is 12.3 Å². The Morgan fingerprint density at radius 1 is 1.29 bits per heavy atom. The minimum absolute atomic E-state index is 0.0795. The molecule has 0 radical (unpaired) electrons. The van der Waals surface area contributed by atoms with Gasteiger partial charge in [0.05, 0.1) is 4.92 Å². The summed E-state index contributed by atoms with van der Waals surface area (Å²) in [6, 6.07) is 4.41. The van der Waals surface area contributed by atoms with E-state index in [0.29, 0.717) is 12.1 Å². The van der Waals surface area contributed by atoms with Gasteiger partial charge in [-0.05, 0) is 24.6 Å². The Morgan fingerprint density at radius 3 is 2.57 bits per heavy atom. The van der Waals surface area contributed by atoms with Crippen LogP contribution in [0.5, 0.6) is 0 Å². The first-order chi connectivity index (χ1) is 9.90. The van der Waals surface area contributed by atoms with Crippen LogP contribution >= 0.6 is 0 Å².